The maximum atomic E-state index is 12.3. The molecule has 0 N–H and O–H groups in total. The highest BCUT2D eigenvalue weighted by Gasteiger charge is 2.13. The Balaban J connectivity index is 2.01. The van der Waals surface area contributed by atoms with Crippen LogP contribution in [-0.4, -0.2) is 24.3 Å². The van der Waals surface area contributed by atoms with Gasteiger partial charge in [-0.15, -0.1) is 0 Å². The van der Waals surface area contributed by atoms with Crippen molar-refractivity contribution in [2.24, 2.45) is 0 Å². The maximum Gasteiger partial charge on any atom is 0.178 e. The van der Waals surface area contributed by atoms with Gasteiger partial charge in [-0.1, -0.05) is 46.9 Å². The van der Waals surface area contributed by atoms with Crippen LogP contribution in [-0.2, 0) is 6.54 Å². The predicted octanol–water partition coefficient (Wildman–Crippen LogP) is 4.96. The standard InChI is InChI=1S/C16H14Cl3NO/c1-20(9-11-2-4-12(17)5-3-11)10-16(21)14-8-13(18)6-7-15(14)19/h2-8H,9-10H2,1H3. The van der Waals surface area contributed by atoms with E-state index in [9.17, 15) is 4.79 Å². The summed E-state index contributed by atoms with van der Waals surface area (Å²) in [5.74, 6) is -0.0565. The number of nitrogens with zero attached hydrogens (tertiary/aromatic N) is 1. The molecule has 0 aliphatic carbocycles. The molecular weight excluding hydrogens is 329 g/mol. The number of halogens is 3. The number of ketones is 1. The summed E-state index contributed by atoms with van der Waals surface area (Å²) in [6.07, 6.45) is 0. The van der Waals surface area contributed by atoms with Crippen LogP contribution in [0.1, 0.15) is 15.9 Å². The lowest BCUT2D eigenvalue weighted by Crippen LogP contribution is -2.25. The van der Waals surface area contributed by atoms with Gasteiger partial charge in [0.2, 0.25) is 0 Å². The first-order chi connectivity index (χ1) is 9.95. The van der Waals surface area contributed by atoms with Gasteiger partial charge >= 0.3 is 0 Å². The summed E-state index contributed by atoms with van der Waals surface area (Å²) < 4.78 is 0. The van der Waals surface area contributed by atoms with Gasteiger partial charge in [0.15, 0.2) is 5.78 Å². The second-order valence-corrected chi connectivity index (χ2v) is 6.13. The average molecular weight is 343 g/mol. The Morgan fingerprint density at radius 2 is 1.62 bits per heavy atom. The van der Waals surface area contributed by atoms with Crippen LogP contribution in [0.15, 0.2) is 42.5 Å². The molecule has 0 atom stereocenters. The SMILES string of the molecule is CN(CC(=O)c1cc(Cl)ccc1Cl)Cc1ccc(Cl)cc1. The van der Waals surface area contributed by atoms with E-state index < -0.39 is 0 Å². The van der Waals surface area contributed by atoms with Gasteiger partial charge in [-0.2, -0.15) is 0 Å². The van der Waals surface area contributed by atoms with Crippen molar-refractivity contribution in [1.29, 1.82) is 0 Å². The van der Waals surface area contributed by atoms with E-state index in [-0.39, 0.29) is 12.3 Å². The molecule has 0 bridgehead atoms. The van der Waals surface area contributed by atoms with E-state index in [1.165, 1.54) is 0 Å². The first-order valence-electron chi connectivity index (χ1n) is 6.37. The van der Waals surface area contributed by atoms with E-state index in [1.54, 1.807) is 18.2 Å². The lowest BCUT2D eigenvalue weighted by atomic mass is 10.1. The maximum absolute atomic E-state index is 12.3. The molecule has 2 aromatic carbocycles. The summed E-state index contributed by atoms with van der Waals surface area (Å²) in [5.41, 5.74) is 1.54. The monoisotopic (exact) mass is 341 g/mol. The molecule has 0 radical (unpaired) electrons. The van der Waals surface area contributed by atoms with Gasteiger partial charge in [0, 0.05) is 22.2 Å². The van der Waals surface area contributed by atoms with Crippen molar-refractivity contribution in [3.05, 3.63) is 68.7 Å². The van der Waals surface area contributed by atoms with Crippen LogP contribution in [0.4, 0.5) is 0 Å². The molecule has 110 valence electrons. The Hall–Kier alpha value is -1.06. The average Bonchev–Trinajstić information content (AvgIpc) is 2.44. The highest BCUT2D eigenvalue weighted by Crippen LogP contribution is 2.21. The van der Waals surface area contributed by atoms with E-state index in [2.05, 4.69) is 0 Å². The quantitative estimate of drug-likeness (QED) is 0.716. The molecular formula is C16H14Cl3NO. The first kappa shape index (κ1) is 16.3. The molecule has 0 unspecified atom stereocenters. The van der Waals surface area contributed by atoms with Crippen LogP contribution in [0.2, 0.25) is 15.1 Å². The smallest absolute Gasteiger partial charge is 0.178 e. The lowest BCUT2D eigenvalue weighted by Gasteiger charge is -2.16. The normalized spacial score (nSPS) is 10.9. The van der Waals surface area contributed by atoms with Crippen molar-refractivity contribution in [3.8, 4) is 0 Å². The molecule has 0 amide bonds. The Kier molecular flexibility index (Phi) is 5.65. The summed E-state index contributed by atoms with van der Waals surface area (Å²) in [5, 5.41) is 1.62. The fourth-order valence-corrected chi connectivity index (χ4v) is 2.52. The number of rotatable bonds is 5. The first-order valence-corrected chi connectivity index (χ1v) is 7.50. The number of benzene rings is 2. The van der Waals surface area contributed by atoms with Gasteiger partial charge in [-0.3, -0.25) is 9.69 Å². The van der Waals surface area contributed by atoms with Gasteiger partial charge in [0.1, 0.15) is 0 Å². The third-order valence-corrected chi connectivity index (χ3v) is 3.82. The second kappa shape index (κ2) is 7.28. The molecule has 0 aliphatic rings. The summed E-state index contributed by atoms with van der Waals surface area (Å²) in [4.78, 5) is 14.2. The Labute approximate surface area is 139 Å². The van der Waals surface area contributed by atoms with Crippen molar-refractivity contribution in [2.75, 3.05) is 13.6 Å². The second-order valence-electron chi connectivity index (χ2n) is 4.85. The molecule has 2 rings (SSSR count). The summed E-state index contributed by atoms with van der Waals surface area (Å²) in [6.45, 7) is 0.920. The lowest BCUT2D eigenvalue weighted by molar-refractivity contribution is 0.0943. The van der Waals surface area contributed by atoms with E-state index in [0.29, 0.717) is 27.2 Å². The van der Waals surface area contributed by atoms with Gasteiger partial charge in [0.25, 0.3) is 0 Å². The topological polar surface area (TPSA) is 20.3 Å². The number of hydrogen-bond acceptors (Lipinski definition) is 2. The third-order valence-electron chi connectivity index (χ3n) is 3.01. The molecule has 0 saturated heterocycles. The van der Waals surface area contributed by atoms with E-state index in [4.69, 9.17) is 34.8 Å². The molecule has 21 heavy (non-hydrogen) atoms. The number of carbonyl (C=O) groups excluding carboxylic acids is 1. The van der Waals surface area contributed by atoms with E-state index in [0.717, 1.165) is 5.56 Å². The highest BCUT2D eigenvalue weighted by molar-refractivity contribution is 6.36. The molecule has 0 aromatic heterocycles. The van der Waals surface area contributed by atoms with Crippen LogP contribution in [0.25, 0.3) is 0 Å². The molecule has 0 saturated carbocycles. The van der Waals surface area contributed by atoms with E-state index >= 15 is 0 Å². The fraction of sp³-hybridized carbons (Fsp3) is 0.188. The van der Waals surface area contributed by atoms with Crippen LogP contribution < -0.4 is 0 Å². The zero-order valence-corrected chi connectivity index (χ0v) is 13.7. The molecule has 0 aliphatic heterocycles. The number of carbonyl (C=O) groups is 1. The minimum absolute atomic E-state index is 0.0565. The summed E-state index contributed by atoms with van der Waals surface area (Å²) in [6, 6.07) is 12.4. The Morgan fingerprint density at radius 3 is 2.29 bits per heavy atom. The van der Waals surface area contributed by atoms with Crippen molar-refractivity contribution in [2.45, 2.75) is 6.54 Å². The minimum atomic E-state index is -0.0565. The Morgan fingerprint density at radius 1 is 1.00 bits per heavy atom. The van der Waals surface area contributed by atoms with Crippen LogP contribution in [0.5, 0.6) is 0 Å². The van der Waals surface area contributed by atoms with Gasteiger partial charge < -0.3 is 0 Å². The highest BCUT2D eigenvalue weighted by atomic mass is 35.5. The molecule has 0 heterocycles. The summed E-state index contributed by atoms with van der Waals surface area (Å²) in [7, 11) is 1.88. The molecule has 2 nitrogen and oxygen atoms in total. The Bertz CT molecular complexity index is 640. The van der Waals surface area contributed by atoms with Crippen LogP contribution >= 0.6 is 34.8 Å². The predicted molar refractivity (Wildman–Crippen MR) is 88.6 cm³/mol. The van der Waals surface area contributed by atoms with Gasteiger partial charge in [-0.25, -0.2) is 0 Å². The molecule has 2 aromatic rings. The van der Waals surface area contributed by atoms with E-state index in [1.807, 2.05) is 36.2 Å². The van der Waals surface area contributed by atoms with Crippen LogP contribution in [0.3, 0.4) is 0 Å². The summed E-state index contributed by atoms with van der Waals surface area (Å²) >= 11 is 17.8. The molecule has 5 heteroatoms. The van der Waals surface area contributed by atoms with Crippen molar-refractivity contribution in [3.63, 3.8) is 0 Å². The zero-order valence-electron chi connectivity index (χ0n) is 11.4. The number of Topliss-reactive ketones (excluding diaryl/α,β-unsaturated/α-hetero) is 1. The zero-order chi connectivity index (χ0) is 15.4. The third kappa shape index (κ3) is 4.72. The molecule has 0 spiro atoms. The minimum Gasteiger partial charge on any atom is -0.295 e. The molecule has 0 fully saturated rings. The van der Waals surface area contributed by atoms with Crippen molar-refractivity contribution >= 4 is 40.6 Å². The van der Waals surface area contributed by atoms with Crippen LogP contribution in [0, 0.1) is 0 Å². The number of likely N-dealkylation sites (N-methyl/N-ethyl adjacent to an activating group) is 1. The van der Waals surface area contributed by atoms with Gasteiger partial charge in [-0.05, 0) is 42.9 Å². The number of hydrogen-bond donors (Lipinski definition) is 0. The van der Waals surface area contributed by atoms with Gasteiger partial charge in [0.05, 0.1) is 11.6 Å². The largest absolute Gasteiger partial charge is 0.295 e. The fourth-order valence-electron chi connectivity index (χ4n) is 2.00. The van der Waals surface area contributed by atoms with Crippen molar-refractivity contribution in [1.82, 2.24) is 4.90 Å². The van der Waals surface area contributed by atoms with Crippen molar-refractivity contribution < 1.29 is 4.79 Å².